The van der Waals surface area contributed by atoms with Gasteiger partial charge in [0, 0.05) is 27.4 Å². The number of halogens is 1. The van der Waals surface area contributed by atoms with Gasteiger partial charge in [0.05, 0.1) is 0 Å². The molecule has 0 aromatic carbocycles. The molecule has 4 nitrogen and oxygen atoms in total. The number of hydrogen-bond acceptors (Lipinski definition) is 4. The van der Waals surface area contributed by atoms with E-state index >= 15 is 0 Å². The van der Waals surface area contributed by atoms with Crippen LogP contribution in [0.4, 0.5) is 0 Å². The van der Waals surface area contributed by atoms with Gasteiger partial charge in [0.15, 0.2) is 0 Å². The zero-order valence-corrected chi connectivity index (χ0v) is 12.1. The number of thioether (sulfide) groups is 1. The molecule has 1 aromatic heterocycles. The van der Waals surface area contributed by atoms with Crippen LogP contribution >= 0.6 is 27.7 Å². The van der Waals surface area contributed by atoms with Crippen LogP contribution in [0.2, 0.25) is 0 Å². The van der Waals surface area contributed by atoms with Crippen molar-refractivity contribution in [1.29, 1.82) is 0 Å². The van der Waals surface area contributed by atoms with Gasteiger partial charge >= 0.3 is 5.97 Å². The minimum atomic E-state index is -0.977. The molecule has 0 amide bonds. The first-order chi connectivity index (χ1) is 7.83. The zero-order chi connectivity index (χ0) is 13.1. The van der Waals surface area contributed by atoms with E-state index in [0.717, 1.165) is 10.0 Å². The number of carboxylic acid groups (broad SMARTS) is 1. The molecule has 3 N–H and O–H groups in total. The lowest BCUT2D eigenvalue weighted by molar-refractivity contribution is -0.139. The third kappa shape index (κ3) is 4.29. The highest BCUT2D eigenvalue weighted by Crippen LogP contribution is 2.30. The van der Waals surface area contributed by atoms with Gasteiger partial charge in [-0.05, 0) is 41.4 Å². The van der Waals surface area contributed by atoms with E-state index in [0.29, 0.717) is 5.75 Å². The Hall–Kier alpha value is -0.590. The quantitative estimate of drug-likeness (QED) is 0.871. The minimum Gasteiger partial charge on any atom is -0.480 e. The average Bonchev–Trinajstić information content (AvgIpc) is 2.25. The first-order valence-corrected chi connectivity index (χ1v) is 6.82. The van der Waals surface area contributed by atoms with Crippen LogP contribution in [0.25, 0.3) is 0 Å². The van der Waals surface area contributed by atoms with Crippen molar-refractivity contribution in [2.75, 3.05) is 0 Å². The second-order valence-electron chi connectivity index (χ2n) is 4.22. The van der Waals surface area contributed by atoms with Gasteiger partial charge in [-0.15, -0.1) is 11.8 Å². The van der Waals surface area contributed by atoms with E-state index in [-0.39, 0.29) is 0 Å². The van der Waals surface area contributed by atoms with Crippen LogP contribution in [-0.2, 0) is 10.5 Å². The monoisotopic (exact) mass is 318 g/mol. The lowest BCUT2D eigenvalue weighted by Gasteiger charge is -2.27. The predicted molar refractivity (Wildman–Crippen MR) is 72.9 cm³/mol. The smallest absolute Gasteiger partial charge is 0.321 e. The molecular weight excluding hydrogens is 304 g/mol. The minimum absolute atomic E-state index is 0.520. The molecule has 0 aliphatic carbocycles. The number of rotatable bonds is 5. The maximum atomic E-state index is 10.9. The molecule has 1 atom stereocenters. The molecule has 0 spiro atoms. The van der Waals surface area contributed by atoms with Crippen LogP contribution < -0.4 is 5.73 Å². The summed E-state index contributed by atoms with van der Waals surface area (Å²) < 4.78 is 0.393. The molecule has 1 heterocycles. The van der Waals surface area contributed by atoms with Crippen molar-refractivity contribution in [3.05, 3.63) is 28.5 Å². The summed E-state index contributed by atoms with van der Waals surface area (Å²) in [5.74, 6) is -0.296. The fourth-order valence-corrected chi connectivity index (χ4v) is 2.58. The van der Waals surface area contributed by atoms with E-state index in [1.807, 2.05) is 19.9 Å². The maximum Gasteiger partial charge on any atom is 0.321 e. The van der Waals surface area contributed by atoms with E-state index in [2.05, 4.69) is 20.9 Å². The van der Waals surface area contributed by atoms with Gasteiger partial charge in [0.1, 0.15) is 6.04 Å². The molecule has 1 rings (SSSR count). The normalized spacial score (nSPS) is 13.4. The molecule has 0 bridgehead atoms. The maximum absolute atomic E-state index is 10.9. The van der Waals surface area contributed by atoms with Crippen LogP contribution in [0.15, 0.2) is 22.9 Å². The molecule has 6 heteroatoms. The Morgan fingerprint density at radius 1 is 1.65 bits per heavy atom. The van der Waals surface area contributed by atoms with E-state index in [4.69, 9.17) is 10.8 Å². The first kappa shape index (κ1) is 14.5. The van der Waals surface area contributed by atoms with Crippen molar-refractivity contribution in [2.24, 2.45) is 5.73 Å². The van der Waals surface area contributed by atoms with Gasteiger partial charge in [-0.3, -0.25) is 9.78 Å². The number of nitrogens with zero attached hydrogens (tertiary/aromatic N) is 1. The summed E-state index contributed by atoms with van der Waals surface area (Å²) >= 11 is 4.85. The number of nitrogens with two attached hydrogens (primary N) is 1. The summed E-state index contributed by atoms with van der Waals surface area (Å²) in [5, 5.41) is 8.90. The largest absolute Gasteiger partial charge is 0.480 e. The van der Waals surface area contributed by atoms with Crippen LogP contribution in [-0.4, -0.2) is 26.8 Å². The number of carbonyl (C=O) groups is 1. The van der Waals surface area contributed by atoms with Crippen LogP contribution in [0.1, 0.15) is 19.4 Å². The number of carboxylic acids is 1. The van der Waals surface area contributed by atoms with Crippen molar-refractivity contribution >= 4 is 33.7 Å². The van der Waals surface area contributed by atoms with Crippen LogP contribution in [0.3, 0.4) is 0 Å². The van der Waals surface area contributed by atoms with Gasteiger partial charge in [0.25, 0.3) is 0 Å². The van der Waals surface area contributed by atoms with Gasteiger partial charge < -0.3 is 10.8 Å². The second kappa shape index (κ2) is 5.84. The summed E-state index contributed by atoms with van der Waals surface area (Å²) in [5.41, 5.74) is 6.68. The van der Waals surface area contributed by atoms with Gasteiger partial charge in [-0.2, -0.15) is 0 Å². The summed E-state index contributed by atoms with van der Waals surface area (Å²) in [7, 11) is 0. The Kier molecular flexibility index (Phi) is 4.97. The first-order valence-electron chi connectivity index (χ1n) is 5.04. The molecular formula is C11H15BrN2O2S. The molecule has 0 fully saturated rings. The second-order valence-corrected chi connectivity index (χ2v) is 6.76. The number of aliphatic carboxylic acids is 1. The lowest BCUT2D eigenvalue weighted by Crippen LogP contribution is -2.46. The molecule has 1 aromatic rings. The predicted octanol–water partition coefficient (Wildman–Crippen LogP) is 2.27. The van der Waals surface area contributed by atoms with Gasteiger partial charge in [-0.25, -0.2) is 0 Å². The summed E-state index contributed by atoms with van der Waals surface area (Å²) in [6, 6.07) is 1.08. The molecule has 0 saturated carbocycles. The molecule has 0 unspecified atom stereocenters. The summed E-state index contributed by atoms with van der Waals surface area (Å²) in [6.07, 6.45) is 3.47. The number of pyridine rings is 1. The Balaban J connectivity index is 2.64. The molecule has 0 radical (unpaired) electrons. The van der Waals surface area contributed by atoms with E-state index in [9.17, 15) is 4.79 Å². The highest BCUT2D eigenvalue weighted by Gasteiger charge is 2.32. The van der Waals surface area contributed by atoms with Crippen LogP contribution in [0, 0.1) is 0 Å². The number of aromatic nitrogens is 1. The topological polar surface area (TPSA) is 76.2 Å². The Bertz CT molecular complexity index is 412. The zero-order valence-electron chi connectivity index (χ0n) is 9.68. The van der Waals surface area contributed by atoms with Crippen LogP contribution in [0.5, 0.6) is 0 Å². The Morgan fingerprint density at radius 2 is 2.29 bits per heavy atom. The average molecular weight is 319 g/mol. The van der Waals surface area contributed by atoms with E-state index in [1.54, 1.807) is 12.4 Å². The van der Waals surface area contributed by atoms with Gasteiger partial charge in [-0.1, -0.05) is 0 Å². The fourth-order valence-electron chi connectivity index (χ4n) is 1.19. The fraction of sp³-hybridized carbons (Fsp3) is 0.455. The Morgan fingerprint density at radius 3 is 2.82 bits per heavy atom. The lowest BCUT2D eigenvalue weighted by atomic mass is 10.1. The molecule has 0 aliphatic heterocycles. The van der Waals surface area contributed by atoms with Gasteiger partial charge in [0.2, 0.25) is 0 Å². The Labute approximate surface area is 113 Å². The third-order valence-electron chi connectivity index (χ3n) is 2.39. The van der Waals surface area contributed by atoms with E-state index < -0.39 is 16.8 Å². The highest BCUT2D eigenvalue weighted by atomic mass is 79.9. The van der Waals surface area contributed by atoms with Crippen molar-refractivity contribution in [3.8, 4) is 0 Å². The summed E-state index contributed by atoms with van der Waals surface area (Å²) in [6.45, 7) is 3.67. The van der Waals surface area contributed by atoms with E-state index in [1.165, 1.54) is 11.8 Å². The molecule has 0 saturated heterocycles. The molecule has 94 valence electrons. The van der Waals surface area contributed by atoms with Crippen molar-refractivity contribution in [2.45, 2.75) is 30.4 Å². The highest BCUT2D eigenvalue weighted by molar-refractivity contribution is 9.10. The SMILES string of the molecule is CC(C)(SCc1cncc(Br)c1)[C@H](N)C(=O)O. The third-order valence-corrected chi connectivity index (χ3v) is 4.30. The van der Waals surface area contributed by atoms with Crippen molar-refractivity contribution in [3.63, 3.8) is 0 Å². The number of hydrogen-bond donors (Lipinski definition) is 2. The standard InChI is InChI=1S/C11H15BrN2O2S/c1-11(2,9(13)10(15)16)17-6-7-3-8(12)5-14-4-7/h3-5,9H,6,13H2,1-2H3,(H,15,16)/t9-/m1/s1. The molecule has 0 aliphatic rings. The summed E-state index contributed by atoms with van der Waals surface area (Å²) in [4.78, 5) is 14.9. The van der Waals surface area contributed by atoms with Crippen molar-refractivity contribution < 1.29 is 9.90 Å². The molecule has 17 heavy (non-hydrogen) atoms. The van der Waals surface area contributed by atoms with Crippen molar-refractivity contribution in [1.82, 2.24) is 4.98 Å².